The molecule has 2 aromatic rings. The maximum absolute atomic E-state index is 12.4. The fourth-order valence-corrected chi connectivity index (χ4v) is 2.38. The number of hydrogen-bond donors (Lipinski definition) is 2. The SMILES string of the molecule is CC(=O)Nc1cccc(C(=O)N(C)CC(=O)Nc2ccccc2Cl)c1. The number of rotatable bonds is 5. The fourth-order valence-electron chi connectivity index (χ4n) is 2.19. The van der Waals surface area contributed by atoms with E-state index < -0.39 is 0 Å². The third-order valence-corrected chi connectivity index (χ3v) is 3.63. The molecule has 6 nitrogen and oxygen atoms in total. The summed E-state index contributed by atoms with van der Waals surface area (Å²) in [5, 5.41) is 5.70. The third kappa shape index (κ3) is 5.32. The van der Waals surface area contributed by atoms with Gasteiger partial charge in [0, 0.05) is 25.2 Å². The molecule has 0 spiro atoms. The number of nitrogens with one attached hydrogen (secondary N) is 2. The molecular formula is C18H18ClN3O3. The third-order valence-electron chi connectivity index (χ3n) is 3.31. The molecule has 0 heterocycles. The van der Waals surface area contributed by atoms with Crippen LogP contribution in [0.2, 0.25) is 5.02 Å². The van der Waals surface area contributed by atoms with Gasteiger partial charge in [0.1, 0.15) is 0 Å². The quantitative estimate of drug-likeness (QED) is 0.861. The zero-order valence-corrected chi connectivity index (χ0v) is 14.6. The molecule has 0 atom stereocenters. The number of amides is 3. The summed E-state index contributed by atoms with van der Waals surface area (Å²) in [5.74, 6) is -0.916. The van der Waals surface area contributed by atoms with Crippen molar-refractivity contribution in [1.82, 2.24) is 4.90 Å². The summed E-state index contributed by atoms with van der Waals surface area (Å²) < 4.78 is 0. The van der Waals surface area contributed by atoms with Gasteiger partial charge in [0.15, 0.2) is 0 Å². The van der Waals surface area contributed by atoms with Crippen LogP contribution in [0.3, 0.4) is 0 Å². The van der Waals surface area contributed by atoms with E-state index in [-0.39, 0.29) is 24.3 Å². The lowest BCUT2D eigenvalue weighted by Crippen LogP contribution is -2.35. The van der Waals surface area contributed by atoms with E-state index in [0.29, 0.717) is 22.0 Å². The van der Waals surface area contributed by atoms with Crippen molar-refractivity contribution in [3.63, 3.8) is 0 Å². The first-order chi connectivity index (χ1) is 11.9. The van der Waals surface area contributed by atoms with Crippen molar-refractivity contribution in [2.75, 3.05) is 24.2 Å². The maximum atomic E-state index is 12.4. The molecule has 130 valence electrons. The average molecular weight is 360 g/mol. The highest BCUT2D eigenvalue weighted by Gasteiger charge is 2.16. The Bertz CT molecular complexity index is 808. The smallest absolute Gasteiger partial charge is 0.254 e. The molecule has 25 heavy (non-hydrogen) atoms. The largest absolute Gasteiger partial charge is 0.332 e. The lowest BCUT2D eigenvalue weighted by molar-refractivity contribution is -0.116. The minimum atomic E-state index is -0.359. The van der Waals surface area contributed by atoms with Gasteiger partial charge in [-0.1, -0.05) is 29.8 Å². The summed E-state index contributed by atoms with van der Waals surface area (Å²) >= 11 is 5.99. The highest BCUT2D eigenvalue weighted by atomic mass is 35.5. The van der Waals surface area contributed by atoms with Crippen LogP contribution in [-0.2, 0) is 9.59 Å². The Morgan fingerprint density at radius 1 is 1.04 bits per heavy atom. The van der Waals surface area contributed by atoms with Crippen LogP contribution in [0.1, 0.15) is 17.3 Å². The summed E-state index contributed by atoms with van der Waals surface area (Å²) in [7, 11) is 1.53. The van der Waals surface area contributed by atoms with Crippen LogP contribution in [0, 0.1) is 0 Å². The van der Waals surface area contributed by atoms with E-state index in [1.165, 1.54) is 18.9 Å². The van der Waals surface area contributed by atoms with Gasteiger partial charge >= 0.3 is 0 Å². The molecule has 2 aromatic carbocycles. The summed E-state index contributed by atoms with van der Waals surface area (Å²) in [6, 6.07) is 13.4. The summed E-state index contributed by atoms with van der Waals surface area (Å²) in [6.45, 7) is 1.26. The van der Waals surface area contributed by atoms with Gasteiger partial charge in [0.05, 0.1) is 17.3 Å². The first-order valence-corrected chi connectivity index (χ1v) is 7.92. The molecular weight excluding hydrogens is 342 g/mol. The van der Waals surface area contributed by atoms with Gasteiger partial charge in [-0.3, -0.25) is 14.4 Å². The fraction of sp³-hybridized carbons (Fsp3) is 0.167. The molecule has 2 N–H and O–H groups in total. The van der Waals surface area contributed by atoms with Gasteiger partial charge in [-0.05, 0) is 30.3 Å². The molecule has 0 aliphatic heterocycles. The first-order valence-electron chi connectivity index (χ1n) is 7.54. The second-order valence-corrected chi connectivity index (χ2v) is 5.86. The first kappa shape index (κ1) is 18.5. The van der Waals surface area contributed by atoms with E-state index >= 15 is 0 Å². The number of benzene rings is 2. The monoisotopic (exact) mass is 359 g/mol. The van der Waals surface area contributed by atoms with Gasteiger partial charge < -0.3 is 15.5 Å². The van der Waals surface area contributed by atoms with Gasteiger partial charge in [0.25, 0.3) is 5.91 Å². The van der Waals surface area contributed by atoms with Crippen LogP contribution >= 0.6 is 11.6 Å². The summed E-state index contributed by atoms with van der Waals surface area (Å²) in [6.07, 6.45) is 0. The number of nitrogens with zero attached hydrogens (tertiary/aromatic N) is 1. The molecule has 3 amide bonds. The maximum Gasteiger partial charge on any atom is 0.254 e. The number of likely N-dealkylation sites (N-methyl/N-ethyl adjacent to an activating group) is 1. The van der Waals surface area contributed by atoms with Gasteiger partial charge in [0.2, 0.25) is 11.8 Å². The van der Waals surface area contributed by atoms with Crippen LogP contribution in [0.4, 0.5) is 11.4 Å². The molecule has 0 saturated carbocycles. The highest BCUT2D eigenvalue weighted by molar-refractivity contribution is 6.33. The van der Waals surface area contributed by atoms with Gasteiger partial charge in [-0.2, -0.15) is 0 Å². The van der Waals surface area contributed by atoms with Crippen molar-refractivity contribution in [2.45, 2.75) is 6.92 Å². The second-order valence-electron chi connectivity index (χ2n) is 5.45. The topological polar surface area (TPSA) is 78.5 Å². The number of carbonyl (C=O) groups excluding carboxylic acids is 3. The minimum absolute atomic E-state index is 0.131. The normalized spacial score (nSPS) is 10.0. The molecule has 0 saturated heterocycles. The van der Waals surface area contributed by atoms with Crippen LogP contribution in [-0.4, -0.2) is 36.2 Å². The lowest BCUT2D eigenvalue weighted by atomic mass is 10.1. The molecule has 2 rings (SSSR count). The number of anilines is 2. The standard InChI is InChI=1S/C18H18ClN3O3/c1-12(23)20-14-7-5-6-13(10-14)18(25)22(2)11-17(24)21-16-9-4-3-8-15(16)19/h3-10H,11H2,1-2H3,(H,20,23)(H,21,24). The van der Waals surface area contributed by atoms with E-state index in [0.717, 1.165) is 0 Å². The van der Waals surface area contributed by atoms with Crippen LogP contribution < -0.4 is 10.6 Å². The predicted molar refractivity (Wildman–Crippen MR) is 97.8 cm³/mol. The molecule has 7 heteroatoms. The number of halogens is 1. The van der Waals surface area contributed by atoms with Crippen molar-refractivity contribution in [2.24, 2.45) is 0 Å². The Labute approximate surface area is 150 Å². The van der Waals surface area contributed by atoms with Crippen LogP contribution in [0.15, 0.2) is 48.5 Å². The average Bonchev–Trinajstić information content (AvgIpc) is 2.55. The van der Waals surface area contributed by atoms with Crippen LogP contribution in [0.5, 0.6) is 0 Å². The van der Waals surface area contributed by atoms with Gasteiger partial charge in [-0.25, -0.2) is 0 Å². The number of hydrogen-bond acceptors (Lipinski definition) is 3. The van der Waals surface area contributed by atoms with Crippen LogP contribution in [0.25, 0.3) is 0 Å². The molecule has 0 bridgehead atoms. The summed E-state index contributed by atoms with van der Waals surface area (Å²) in [4.78, 5) is 36.9. The van der Waals surface area contributed by atoms with E-state index in [1.807, 2.05) is 0 Å². The molecule has 0 aromatic heterocycles. The lowest BCUT2D eigenvalue weighted by Gasteiger charge is -2.17. The van der Waals surface area contributed by atoms with Crippen molar-refractivity contribution >= 4 is 40.7 Å². The zero-order chi connectivity index (χ0) is 18.4. The highest BCUT2D eigenvalue weighted by Crippen LogP contribution is 2.20. The number of para-hydroxylation sites is 1. The van der Waals surface area contributed by atoms with Crippen molar-refractivity contribution in [3.8, 4) is 0 Å². The zero-order valence-electron chi connectivity index (χ0n) is 13.9. The second kappa shape index (κ2) is 8.30. The number of carbonyl (C=O) groups is 3. The molecule has 0 aliphatic carbocycles. The van der Waals surface area contributed by atoms with Crippen molar-refractivity contribution in [1.29, 1.82) is 0 Å². The predicted octanol–water partition coefficient (Wildman–Crippen LogP) is 3.01. The van der Waals surface area contributed by atoms with E-state index in [4.69, 9.17) is 11.6 Å². The molecule has 0 aliphatic rings. The Hall–Kier alpha value is -2.86. The van der Waals surface area contributed by atoms with Crippen molar-refractivity contribution in [3.05, 3.63) is 59.1 Å². The molecule has 0 radical (unpaired) electrons. The van der Waals surface area contributed by atoms with E-state index in [9.17, 15) is 14.4 Å². The summed E-state index contributed by atoms with van der Waals surface area (Å²) in [5.41, 5.74) is 1.38. The Morgan fingerprint density at radius 2 is 1.76 bits per heavy atom. The van der Waals surface area contributed by atoms with E-state index in [1.54, 1.807) is 48.5 Å². The molecule has 0 fully saturated rings. The van der Waals surface area contributed by atoms with E-state index in [2.05, 4.69) is 10.6 Å². The Balaban J connectivity index is 2.01. The molecule has 0 unspecified atom stereocenters. The minimum Gasteiger partial charge on any atom is -0.332 e. The van der Waals surface area contributed by atoms with Gasteiger partial charge in [-0.15, -0.1) is 0 Å². The Kier molecular flexibility index (Phi) is 6.14. The Morgan fingerprint density at radius 3 is 2.44 bits per heavy atom. The van der Waals surface area contributed by atoms with Crippen molar-refractivity contribution < 1.29 is 14.4 Å².